The molecule has 1 aromatic carbocycles. The van der Waals surface area contributed by atoms with Crippen LogP contribution in [-0.4, -0.2) is 18.0 Å². The molecule has 5 heteroatoms. The molecule has 1 unspecified atom stereocenters. The van der Waals surface area contributed by atoms with Crippen LogP contribution in [-0.2, 0) is 4.79 Å². The van der Waals surface area contributed by atoms with Crippen LogP contribution >= 0.6 is 15.9 Å². The molecule has 2 N–H and O–H groups in total. The standard InChI is InChI=1S/C15H20BrFN2O/c1-10(15(20)19-11-6-3-2-4-7-11)18-14-12(16)8-5-9-13(14)17/h5,8-11,18H,2-4,6-7H2,1H3,(H,19,20). The van der Waals surface area contributed by atoms with Crippen molar-refractivity contribution < 1.29 is 9.18 Å². The van der Waals surface area contributed by atoms with E-state index in [2.05, 4.69) is 26.6 Å². The molecule has 1 amide bonds. The highest BCUT2D eigenvalue weighted by Gasteiger charge is 2.20. The summed E-state index contributed by atoms with van der Waals surface area (Å²) in [5, 5.41) is 5.97. The summed E-state index contributed by atoms with van der Waals surface area (Å²) in [5.74, 6) is -0.441. The number of carbonyl (C=O) groups excluding carboxylic acids is 1. The van der Waals surface area contributed by atoms with Gasteiger partial charge in [0.1, 0.15) is 11.9 Å². The number of halogens is 2. The van der Waals surface area contributed by atoms with Gasteiger partial charge in [-0.15, -0.1) is 0 Å². The molecule has 0 aliphatic heterocycles. The molecule has 1 saturated carbocycles. The molecule has 0 bridgehead atoms. The van der Waals surface area contributed by atoms with Gasteiger partial charge in [0.15, 0.2) is 0 Å². The predicted molar refractivity (Wildman–Crippen MR) is 82.2 cm³/mol. The molecule has 110 valence electrons. The lowest BCUT2D eigenvalue weighted by atomic mass is 9.95. The molecule has 0 spiro atoms. The van der Waals surface area contributed by atoms with Gasteiger partial charge in [-0.2, -0.15) is 0 Å². The average Bonchev–Trinajstić information content (AvgIpc) is 2.44. The molecule has 1 aliphatic rings. The van der Waals surface area contributed by atoms with Crippen molar-refractivity contribution in [3.05, 3.63) is 28.5 Å². The van der Waals surface area contributed by atoms with Crippen LogP contribution in [0.2, 0.25) is 0 Å². The van der Waals surface area contributed by atoms with Crippen molar-refractivity contribution in [2.45, 2.75) is 51.1 Å². The minimum Gasteiger partial charge on any atom is -0.371 e. The van der Waals surface area contributed by atoms with Crippen LogP contribution < -0.4 is 10.6 Å². The van der Waals surface area contributed by atoms with Crippen LogP contribution in [0.5, 0.6) is 0 Å². The summed E-state index contributed by atoms with van der Waals surface area (Å²) < 4.78 is 14.3. The van der Waals surface area contributed by atoms with E-state index in [1.165, 1.54) is 25.3 Å². The lowest BCUT2D eigenvalue weighted by molar-refractivity contribution is -0.122. The molecular formula is C15H20BrFN2O. The number of rotatable bonds is 4. The topological polar surface area (TPSA) is 41.1 Å². The first-order chi connectivity index (χ1) is 9.58. The van der Waals surface area contributed by atoms with Gasteiger partial charge in [0.25, 0.3) is 0 Å². The van der Waals surface area contributed by atoms with E-state index in [4.69, 9.17) is 0 Å². The molecule has 0 heterocycles. The zero-order valence-electron chi connectivity index (χ0n) is 11.6. The van der Waals surface area contributed by atoms with Gasteiger partial charge in [-0.1, -0.05) is 25.3 Å². The van der Waals surface area contributed by atoms with Crippen molar-refractivity contribution in [1.82, 2.24) is 5.32 Å². The zero-order chi connectivity index (χ0) is 14.5. The van der Waals surface area contributed by atoms with Gasteiger partial charge in [0, 0.05) is 10.5 Å². The number of hydrogen-bond donors (Lipinski definition) is 2. The molecule has 2 rings (SSSR count). The van der Waals surface area contributed by atoms with Crippen molar-refractivity contribution >= 4 is 27.5 Å². The zero-order valence-corrected chi connectivity index (χ0v) is 13.2. The monoisotopic (exact) mass is 342 g/mol. The summed E-state index contributed by atoms with van der Waals surface area (Å²) in [6.45, 7) is 1.75. The Morgan fingerprint density at radius 2 is 2.05 bits per heavy atom. The number of benzene rings is 1. The van der Waals surface area contributed by atoms with Crippen molar-refractivity contribution in [1.29, 1.82) is 0 Å². The minimum atomic E-state index is -0.467. The molecule has 3 nitrogen and oxygen atoms in total. The number of amides is 1. The van der Waals surface area contributed by atoms with Crippen LogP contribution in [0.3, 0.4) is 0 Å². The van der Waals surface area contributed by atoms with Crippen LogP contribution in [0.25, 0.3) is 0 Å². The normalized spacial score (nSPS) is 17.6. The maximum Gasteiger partial charge on any atom is 0.242 e. The van der Waals surface area contributed by atoms with E-state index >= 15 is 0 Å². The Morgan fingerprint density at radius 1 is 1.35 bits per heavy atom. The molecule has 0 aromatic heterocycles. The Kier molecular flexibility index (Phi) is 5.40. The smallest absolute Gasteiger partial charge is 0.242 e. The maximum atomic E-state index is 13.7. The quantitative estimate of drug-likeness (QED) is 0.872. The highest BCUT2D eigenvalue weighted by molar-refractivity contribution is 9.10. The van der Waals surface area contributed by atoms with Crippen LogP contribution in [0.15, 0.2) is 22.7 Å². The third kappa shape index (κ3) is 3.95. The second-order valence-corrected chi connectivity index (χ2v) is 6.16. The summed E-state index contributed by atoms with van der Waals surface area (Å²) in [6.07, 6.45) is 5.68. The molecule has 1 atom stereocenters. The van der Waals surface area contributed by atoms with E-state index < -0.39 is 6.04 Å². The van der Waals surface area contributed by atoms with Gasteiger partial charge in [-0.3, -0.25) is 4.79 Å². The van der Waals surface area contributed by atoms with Crippen LogP contribution in [0, 0.1) is 5.82 Å². The summed E-state index contributed by atoms with van der Waals surface area (Å²) in [6, 6.07) is 4.54. The van der Waals surface area contributed by atoms with Gasteiger partial charge in [0.2, 0.25) is 5.91 Å². The lowest BCUT2D eigenvalue weighted by Crippen LogP contribution is -2.44. The summed E-state index contributed by atoms with van der Waals surface area (Å²) in [5.41, 5.74) is 0.332. The number of carbonyl (C=O) groups is 1. The van der Waals surface area contributed by atoms with Crippen LogP contribution in [0.1, 0.15) is 39.0 Å². The highest BCUT2D eigenvalue weighted by atomic mass is 79.9. The number of anilines is 1. The average molecular weight is 343 g/mol. The molecular weight excluding hydrogens is 323 g/mol. The first kappa shape index (κ1) is 15.3. The fourth-order valence-corrected chi connectivity index (χ4v) is 2.95. The highest BCUT2D eigenvalue weighted by Crippen LogP contribution is 2.26. The lowest BCUT2D eigenvalue weighted by Gasteiger charge is -2.25. The summed E-state index contributed by atoms with van der Waals surface area (Å²) >= 11 is 3.29. The number of hydrogen-bond acceptors (Lipinski definition) is 2. The second-order valence-electron chi connectivity index (χ2n) is 5.31. The Balaban J connectivity index is 1.93. The Morgan fingerprint density at radius 3 is 2.70 bits per heavy atom. The Bertz CT molecular complexity index is 455. The molecule has 20 heavy (non-hydrogen) atoms. The van der Waals surface area contributed by atoms with Gasteiger partial charge in [-0.05, 0) is 47.8 Å². The third-order valence-electron chi connectivity index (χ3n) is 3.67. The minimum absolute atomic E-state index is 0.0768. The first-order valence-electron chi connectivity index (χ1n) is 7.09. The van der Waals surface area contributed by atoms with Gasteiger partial charge in [-0.25, -0.2) is 4.39 Å². The fraction of sp³-hybridized carbons (Fsp3) is 0.533. The molecule has 1 aromatic rings. The van der Waals surface area contributed by atoms with E-state index in [-0.39, 0.29) is 17.8 Å². The van der Waals surface area contributed by atoms with Gasteiger partial charge < -0.3 is 10.6 Å². The van der Waals surface area contributed by atoms with Gasteiger partial charge >= 0.3 is 0 Å². The van der Waals surface area contributed by atoms with Crippen LogP contribution in [0.4, 0.5) is 10.1 Å². The van der Waals surface area contributed by atoms with Crippen molar-refractivity contribution in [3.8, 4) is 0 Å². The van der Waals surface area contributed by atoms with E-state index in [0.717, 1.165) is 12.8 Å². The Labute approximate surface area is 127 Å². The maximum absolute atomic E-state index is 13.7. The largest absolute Gasteiger partial charge is 0.371 e. The SMILES string of the molecule is CC(Nc1c(F)cccc1Br)C(=O)NC1CCCCC1. The third-order valence-corrected chi connectivity index (χ3v) is 4.33. The van der Waals surface area contributed by atoms with Crippen molar-refractivity contribution in [2.24, 2.45) is 0 Å². The molecule has 0 saturated heterocycles. The van der Waals surface area contributed by atoms with E-state index in [1.54, 1.807) is 19.1 Å². The second kappa shape index (κ2) is 7.07. The summed E-state index contributed by atoms with van der Waals surface area (Å²) in [7, 11) is 0. The molecule has 0 radical (unpaired) electrons. The van der Waals surface area contributed by atoms with E-state index in [1.807, 2.05) is 0 Å². The predicted octanol–water partition coefficient (Wildman–Crippen LogP) is 3.84. The molecule has 1 aliphatic carbocycles. The number of nitrogens with one attached hydrogen (secondary N) is 2. The Hall–Kier alpha value is -1.10. The molecule has 1 fully saturated rings. The first-order valence-corrected chi connectivity index (χ1v) is 7.88. The summed E-state index contributed by atoms with van der Waals surface area (Å²) in [4.78, 5) is 12.1. The van der Waals surface area contributed by atoms with Crippen molar-refractivity contribution in [2.75, 3.05) is 5.32 Å². The van der Waals surface area contributed by atoms with Crippen molar-refractivity contribution in [3.63, 3.8) is 0 Å². The van der Waals surface area contributed by atoms with E-state index in [0.29, 0.717) is 10.2 Å². The fourth-order valence-electron chi connectivity index (χ4n) is 2.49. The number of para-hydroxylation sites is 1. The van der Waals surface area contributed by atoms with E-state index in [9.17, 15) is 9.18 Å². The van der Waals surface area contributed by atoms with Gasteiger partial charge in [0.05, 0.1) is 5.69 Å².